The summed E-state index contributed by atoms with van der Waals surface area (Å²) in [6, 6.07) is 13.5. The lowest BCUT2D eigenvalue weighted by molar-refractivity contribution is -0.118. The number of carbonyl (C=O) groups is 2. The Morgan fingerprint density at radius 1 is 1.00 bits per heavy atom. The van der Waals surface area contributed by atoms with Crippen LogP contribution >= 0.6 is 11.6 Å². The Labute approximate surface area is 164 Å². The maximum atomic E-state index is 12.9. The average molecular weight is 384 g/mol. The number of anilines is 2. The van der Waals surface area contributed by atoms with E-state index >= 15 is 0 Å². The van der Waals surface area contributed by atoms with E-state index in [-0.39, 0.29) is 11.8 Å². The maximum Gasteiger partial charge on any atom is 0.253 e. The predicted octanol–water partition coefficient (Wildman–Crippen LogP) is 3.21. The zero-order valence-electron chi connectivity index (χ0n) is 15.3. The molecule has 0 radical (unpaired) electrons. The zero-order valence-corrected chi connectivity index (χ0v) is 16.1. The van der Waals surface area contributed by atoms with Gasteiger partial charge in [0.25, 0.3) is 5.91 Å². The molecule has 1 fully saturated rings. The molecular weight excluding hydrogens is 362 g/mol. The summed E-state index contributed by atoms with van der Waals surface area (Å²) in [7, 11) is 1.79. The lowest BCUT2D eigenvalue weighted by Gasteiger charge is -2.36. The molecule has 2 aliphatic heterocycles. The van der Waals surface area contributed by atoms with Crippen LogP contribution in [-0.4, -0.2) is 49.9 Å². The Hall–Kier alpha value is -2.53. The van der Waals surface area contributed by atoms with Crippen molar-refractivity contribution in [3.8, 4) is 0 Å². The number of rotatable bonds is 2. The summed E-state index contributed by atoms with van der Waals surface area (Å²) in [4.78, 5) is 30.6. The van der Waals surface area contributed by atoms with E-state index in [2.05, 4.69) is 4.90 Å². The molecule has 2 aromatic rings. The third kappa shape index (κ3) is 3.52. The second kappa shape index (κ2) is 7.24. The van der Waals surface area contributed by atoms with Gasteiger partial charge in [-0.2, -0.15) is 0 Å². The predicted molar refractivity (Wildman–Crippen MR) is 108 cm³/mol. The van der Waals surface area contributed by atoms with Crippen LogP contribution in [-0.2, 0) is 11.2 Å². The van der Waals surface area contributed by atoms with E-state index < -0.39 is 0 Å². The van der Waals surface area contributed by atoms with Crippen molar-refractivity contribution in [2.24, 2.45) is 0 Å². The normalized spacial score (nSPS) is 17.1. The molecule has 5 nitrogen and oxygen atoms in total. The smallest absolute Gasteiger partial charge is 0.253 e. The lowest BCUT2D eigenvalue weighted by atomic mass is 9.98. The molecule has 27 heavy (non-hydrogen) atoms. The fraction of sp³-hybridized carbons (Fsp3) is 0.333. The number of fused-ring (bicyclic) bond motifs is 1. The lowest BCUT2D eigenvalue weighted by Crippen LogP contribution is -2.48. The number of hydrogen-bond donors (Lipinski definition) is 0. The van der Waals surface area contributed by atoms with Crippen molar-refractivity contribution < 1.29 is 9.59 Å². The van der Waals surface area contributed by atoms with Gasteiger partial charge in [-0.1, -0.05) is 17.7 Å². The van der Waals surface area contributed by atoms with Crippen LogP contribution in [0.1, 0.15) is 22.3 Å². The summed E-state index contributed by atoms with van der Waals surface area (Å²) < 4.78 is 0. The summed E-state index contributed by atoms with van der Waals surface area (Å²) in [6.45, 7) is 2.93. The van der Waals surface area contributed by atoms with E-state index in [4.69, 9.17) is 11.6 Å². The van der Waals surface area contributed by atoms with E-state index in [9.17, 15) is 9.59 Å². The topological polar surface area (TPSA) is 43.9 Å². The largest absolute Gasteiger partial charge is 0.368 e. The highest BCUT2D eigenvalue weighted by atomic mass is 35.5. The first kappa shape index (κ1) is 17.9. The van der Waals surface area contributed by atoms with Gasteiger partial charge in [0.15, 0.2) is 0 Å². The molecule has 4 rings (SSSR count). The molecule has 0 spiro atoms. The van der Waals surface area contributed by atoms with Crippen molar-refractivity contribution in [3.05, 3.63) is 58.6 Å². The number of carbonyl (C=O) groups excluding carboxylic acids is 2. The number of hydrogen-bond acceptors (Lipinski definition) is 3. The van der Waals surface area contributed by atoms with Gasteiger partial charge >= 0.3 is 0 Å². The van der Waals surface area contributed by atoms with Crippen molar-refractivity contribution in [2.75, 3.05) is 43.0 Å². The maximum absolute atomic E-state index is 12.9. The SMILES string of the molecule is CN1C(=O)CCc2cc(C(=O)N3CCN(c4cccc(Cl)c4)CC3)ccc21. The molecule has 2 aliphatic rings. The van der Waals surface area contributed by atoms with Gasteiger partial charge in [-0.25, -0.2) is 0 Å². The monoisotopic (exact) mass is 383 g/mol. The van der Waals surface area contributed by atoms with Crippen LogP contribution in [0.4, 0.5) is 11.4 Å². The summed E-state index contributed by atoms with van der Waals surface area (Å²) in [5, 5.41) is 0.725. The standard InChI is InChI=1S/C21H22ClN3O2/c1-23-19-7-5-16(13-15(19)6-8-20(23)26)21(27)25-11-9-24(10-12-25)18-4-2-3-17(22)14-18/h2-5,7,13-14H,6,8-12H2,1H3. The number of amides is 2. The summed E-state index contributed by atoms with van der Waals surface area (Å²) in [5.74, 6) is 0.182. The van der Waals surface area contributed by atoms with Crippen molar-refractivity contribution in [1.29, 1.82) is 0 Å². The Bertz CT molecular complexity index is 891. The molecule has 0 unspecified atom stereocenters. The van der Waals surface area contributed by atoms with Crippen LogP contribution in [0, 0.1) is 0 Å². The van der Waals surface area contributed by atoms with Gasteiger partial charge in [-0.05, 0) is 48.4 Å². The number of piperazine rings is 1. The van der Waals surface area contributed by atoms with E-state index in [1.807, 2.05) is 47.4 Å². The van der Waals surface area contributed by atoms with E-state index in [0.29, 0.717) is 31.5 Å². The first-order valence-electron chi connectivity index (χ1n) is 9.22. The Morgan fingerprint density at radius 2 is 1.78 bits per heavy atom. The number of benzene rings is 2. The Morgan fingerprint density at radius 3 is 2.52 bits per heavy atom. The van der Waals surface area contributed by atoms with Gasteiger partial charge in [0.05, 0.1) is 0 Å². The first-order chi connectivity index (χ1) is 13.0. The average Bonchev–Trinajstić information content (AvgIpc) is 2.70. The Balaban J connectivity index is 1.45. The second-order valence-corrected chi connectivity index (χ2v) is 7.49. The zero-order chi connectivity index (χ0) is 19.0. The van der Waals surface area contributed by atoms with Crippen molar-refractivity contribution >= 4 is 34.8 Å². The quantitative estimate of drug-likeness (QED) is 0.799. The highest BCUT2D eigenvalue weighted by molar-refractivity contribution is 6.30. The molecule has 0 aliphatic carbocycles. The van der Waals surface area contributed by atoms with Gasteiger partial charge in [0.2, 0.25) is 5.91 Å². The van der Waals surface area contributed by atoms with Crippen LogP contribution < -0.4 is 9.80 Å². The number of halogens is 1. The van der Waals surface area contributed by atoms with Gasteiger partial charge in [0.1, 0.15) is 0 Å². The highest BCUT2D eigenvalue weighted by Crippen LogP contribution is 2.28. The van der Waals surface area contributed by atoms with Crippen LogP contribution in [0.3, 0.4) is 0 Å². The summed E-state index contributed by atoms with van der Waals surface area (Å²) in [6.07, 6.45) is 1.20. The fourth-order valence-corrected chi connectivity index (χ4v) is 4.00. The van der Waals surface area contributed by atoms with Crippen LogP contribution in [0.25, 0.3) is 0 Å². The molecule has 2 amide bonds. The molecule has 0 saturated carbocycles. The first-order valence-corrected chi connectivity index (χ1v) is 9.60. The molecule has 0 N–H and O–H groups in total. The molecule has 0 bridgehead atoms. The van der Waals surface area contributed by atoms with Gasteiger partial charge in [-0.3, -0.25) is 9.59 Å². The minimum Gasteiger partial charge on any atom is -0.368 e. The van der Waals surface area contributed by atoms with Gasteiger partial charge in [0, 0.05) is 61.6 Å². The van der Waals surface area contributed by atoms with E-state index in [0.717, 1.165) is 35.1 Å². The van der Waals surface area contributed by atoms with Gasteiger partial charge in [-0.15, -0.1) is 0 Å². The molecule has 0 aromatic heterocycles. The van der Waals surface area contributed by atoms with Crippen LogP contribution in [0.15, 0.2) is 42.5 Å². The summed E-state index contributed by atoms with van der Waals surface area (Å²) >= 11 is 6.08. The second-order valence-electron chi connectivity index (χ2n) is 7.06. The van der Waals surface area contributed by atoms with E-state index in [1.165, 1.54) is 0 Å². The third-order valence-electron chi connectivity index (χ3n) is 5.41. The molecule has 6 heteroatoms. The molecule has 140 valence electrons. The summed E-state index contributed by atoms with van der Waals surface area (Å²) in [5.41, 5.74) is 3.78. The minimum atomic E-state index is 0.0584. The minimum absolute atomic E-state index is 0.0584. The van der Waals surface area contributed by atoms with Crippen LogP contribution in [0.5, 0.6) is 0 Å². The molecule has 2 heterocycles. The number of nitrogens with zero attached hydrogens (tertiary/aromatic N) is 3. The van der Waals surface area contributed by atoms with Crippen molar-refractivity contribution in [3.63, 3.8) is 0 Å². The van der Waals surface area contributed by atoms with Gasteiger partial charge < -0.3 is 14.7 Å². The highest BCUT2D eigenvalue weighted by Gasteiger charge is 2.25. The molecule has 1 saturated heterocycles. The van der Waals surface area contributed by atoms with Crippen LogP contribution in [0.2, 0.25) is 5.02 Å². The molecular formula is C21H22ClN3O2. The third-order valence-corrected chi connectivity index (χ3v) is 5.65. The molecule has 2 aromatic carbocycles. The molecule has 0 atom stereocenters. The fourth-order valence-electron chi connectivity index (χ4n) is 3.81. The van der Waals surface area contributed by atoms with E-state index in [1.54, 1.807) is 11.9 Å². The number of aryl methyl sites for hydroxylation is 1. The van der Waals surface area contributed by atoms with Crippen molar-refractivity contribution in [2.45, 2.75) is 12.8 Å². The Kier molecular flexibility index (Phi) is 4.79. The van der Waals surface area contributed by atoms with Crippen molar-refractivity contribution in [1.82, 2.24) is 4.90 Å².